The van der Waals surface area contributed by atoms with Gasteiger partial charge in [-0.2, -0.15) is 0 Å². The van der Waals surface area contributed by atoms with Crippen molar-refractivity contribution < 1.29 is 9.21 Å². The second kappa shape index (κ2) is 5.40. The van der Waals surface area contributed by atoms with Gasteiger partial charge in [-0.05, 0) is 31.2 Å². The predicted octanol–water partition coefficient (Wildman–Crippen LogP) is 2.08. The van der Waals surface area contributed by atoms with Crippen LogP contribution in [0, 0.1) is 6.92 Å². The van der Waals surface area contributed by atoms with Gasteiger partial charge in [-0.15, -0.1) is 0 Å². The summed E-state index contributed by atoms with van der Waals surface area (Å²) in [7, 11) is 0. The van der Waals surface area contributed by atoms with Crippen molar-refractivity contribution in [3.05, 3.63) is 54.0 Å². The number of nitrogens with zero attached hydrogens (tertiary/aromatic N) is 1. The fourth-order valence-corrected chi connectivity index (χ4v) is 1.77. The van der Waals surface area contributed by atoms with Crippen molar-refractivity contribution in [2.75, 3.05) is 11.4 Å². The van der Waals surface area contributed by atoms with E-state index >= 15 is 0 Å². The zero-order valence-electron chi connectivity index (χ0n) is 10.3. The highest BCUT2D eigenvalue weighted by Gasteiger charge is 2.11. The zero-order chi connectivity index (χ0) is 13.0. The molecule has 2 aromatic rings. The van der Waals surface area contributed by atoms with Crippen LogP contribution in [-0.4, -0.2) is 12.5 Å². The minimum Gasteiger partial charge on any atom is -0.467 e. The molecule has 1 aromatic carbocycles. The summed E-state index contributed by atoms with van der Waals surface area (Å²) < 4.78 is 5.30. The lowest BCUT2D eigenvalue weighted by molar-refractivity contribution is -0.116. The Bertz CT molecular complexity index is 503. The molecule has 0 fully saturated rings. The lowest BCUT2D eigenvalue weighted by Crippen LogP contribution is -2.33. The molecule has 0 radical (unpaired) electrons. The molecule has 18 heavy (non-hydrogen) atoms. The van der Waals surface area contributed by atoms with E-state index in [4.69, 9.17) is 10.2 Å². The number of carbonyl (C=O) groups excluding carboxylic acids is 1. The molecule has 94 valence electrons. The van der Waals surface area contributed by atoms with E-state index in [9.17, 15) is 4.79 Å². The monoisotopic (exact) mass is 244 g/mol. The third-order valence-electron chi connectivity index (χ3n) is 2.67. The highest BCUT2D eigenvalue weighted by molar-refractivity contribution is 5.79. The molecule has 1 heterocycles. The predicted molar refractivity (Wildman–Crippen MR) is 70.1 cm³/mol. The number of carbonyl (C=O) groups is 1. The van der Waals surface area contributed by atoms with Gasteiger partial charge < -0.3 is 15.1 Å². The molecule has 0 saturated heterocycles. The Morgan fingerprint density at radius 3 is 2.56 bits per heavy atom. The molecular formula is C14H16N2O2. The largest absolute Gasteiger partial charge is 0.467 e. The number of primary amides is 1. The van der Waals surface area contributed by atoms with Crippen LogP contribution in [0.3, 0.4) is 0 Å². The average molecular weight is 244 g/mol. The van der Waals surface area contributed by atoms with E-state index in [0.29, 0.717) is 6.54 Å². The van der Waals surface area contributed by atoms with Gasteiger partial charge in [0.15, 0.2) is 0 Å². The second-order valence-electron chi connectivity index (χ2n) is 4.24. The first-order valence-corrected chi connectivity index (χ1v) is 5.77. The van der Waals surface area contributed by atoms with E-state index in [1.165, 1.54) is 5.56 Å². The smallest absolute Gasteiger partial charge is 0.236 e. The Balaban J connectivity index is 2.19. The van der Waals surface area contributed by atoms with Gasteiger partial charge in [0, 0.05) is 5.69 Å². The summed E-state index contributed by atoms with van der Waals surface area (Å²) in [6.07, 6.45) is 1.62. The van der Waals surface area contributed by atoms with Gasteiger partial charge in [-0.1, -0.05) is 17.7 Å². The molecule has 0 aliphatic heterocycles. The molecule has 4 nitrogen and oxygen atoms in total. The fraction of sp³-hybridized carbons (Fsp3) is 0.214. The Kier molecular flexibility index (Phi) is 3.67. The molecule has 1 aromatic heterocycles. The minimum absolute atomic E-state index is 0.170. The van der Waals surface area contributed by atoms with Gasteiger partial charge in [-0.25, -0.2) is 0 Å². The average Bonchev–Trinajstić information content (AvgIpc) is 2.81. The first kappa shape index (κ1) is 12.2. The van der Waals surface area contributed by atoms with Crippen LogP contribution in [0.25, 0.3) is 0 Å². The molecular weight excluding hydrogens is 228 g/mol. The number of benzene rings is 1. The minimum atomic E-state index is -0.359. The second-order valence-corrected chi connectivity index (χ2v) is 4.24. The van der Waals surface area contributed by atoms with Crippen LogP contribution in [-0.2, 0) is 11.3 Å². The van der Waals surface area contributed by atoms with Crippen LogP contribution in [0.2, 0.25) is 0 Å². The van der Waals surface area contributed by atoms with Gasteiger partial charge in [0.1, 0.15) is 5.76 Å². The number of aryl methyl sites for hydroxylation is 1. The van der Waals surface area contributed by atoms with Crippen molar-refractivity contribution in [1.29, 1.82) is 0 Å². The SMILES string of the molecule is Cc1ccc(N(CC(N)=O)Cc2ccco2)cc1. The molecule has 2 N–H and O–H groups in total. The van der Waals surface area contributed by atoms with Crippen LogP contribution in [0.1, 0.15) is 11.3 Å². The quantitative estimate of drug-likeness (QED) is 0.876. The molecule has 0 bridgehead atoms. The number of furan rings is 1. The summed E-state index contributed by atoms with van der Waals surface area (Å²) in [6, 6.07) is 11.7. The third kappa shape index (κ3) is 3.13. The zero-order valence-corrected chi connectivity index (χ0v) is 10.3. The van der Waals surface area contributed by atoms with Crippen molar-refractivity contribution in [2.45, 2.75) is 13.5 Å². The van der Waals surface area contributed by atoms with Crippen molar-refractivity contribution in [2.24, 2.45) is 5.73 Å². The maximum absolute atomic E-state index is 11.1. The Morgan fingerprint density at radius 2 is 2.00 bits per heavy atom. The van der Waals surface area contributed by atoms with Crippen LogP contribution >= 0.6 is 0 Å². The molecule has 0 aliphatic rings. The first-order valence-electron chi connectivity index (χ1n) is 5.77. The van der Waals surface area contributed by atoms with E-state index in [1.807, 2.05) is 48.2 Å². The van der Waals surface area contributed by atoms with Crippen molar-refractivity contribution in [3.8, 4) is 0 Å². The standard InChI is InChI=1S/C14H16N2O2/c1-11-4-6-12(7-5-11)16(10-14(15)17)9-13-3-2-8-18-13/h2-8H,9-10H2,1H3,(H2,15,17). The summed E-state index contributed by atoms with van der Waals surface area (Å²) in [5.74, 6) is 0.443. The van der Waals surface area contributed by atoms with Gasteiger partial charge in [-0.3, -0.25) is 4.79 Å². The van der Waals surface area contributed by atoms with E-state index in [-0.39, 0.29) is 12.5 Å². The summed E-state index contributed by atoms with van der Waals surface area (Å²) >= 11 is 0. The van der Waals surface area contributed by atoms with Crippen LogP contribution in [0.5, 0.6) is 0 Å². The number of hydrogen-bond acceptors (Lipinski definition) is 3. The van der Waals surface area contributed by atoms with Gasteiger partial charge >= 0.3 is 0 Å². The highest BCUT2D eigenvalue weighted by atomic mass is 16.3. The molecule has 0 saturated carbocycles. The van der Waals surface area contributed by atoms with Crippen molar-refractivity contribution in [3.63, 3.8) is 0 Å². The van der Waals surface area contributed by atoms with Crippen molar-refractivity contribution in [1.82, 2.24) is 0 Å². The summed E-state index contributed by atoms with van der Waals surface area (Å²) in [5.41, 5.74) is 7.41. The van der Waals surface area contributed by atoms with E-state index in [1.54, 1.807) is 6.26 Å². The summed E-state index contributed by atoms with van der Waals surface area (Å²) in [5, 5.41) is 0. The van der Waals surface area contributed by atoms with Crippen LogP contribution in [0.15, 0.2) is 47.1 Å². The first-order chi connectivity index (χ1) is 8.65. The molecule has 1 amide bonds. The number of nitrogens with two attached hydrogens (primary N) is 1. The number of hydrogen-bond donors (Lipinski definition) is 1. The lowest BCUT2D eigenvalue weighted by atomic mass is 10.2. The molecule has 0 unspecified atom stereocenters. The maximum Gasteiger partial charge on any atom is 0.236 e. The van der Waals surface area contributed by atoms with Crippen LogP contribution < -0.4 is 10.6 Å². The van der Waals surface area contributed by atoms with Crippen LogP contribution in [0.4, 0.5) is 5.69 Å². The summed E-state index contributed by atoms with van der Waals surface area (Å²) in [6.45, 7) is 2.72. The Labute approximate surface area is 106 Å². The molecule has 0 atom stereocenters. The Hall–Kier alpha value is -2.23. The normalized spacial score (nSPS) is 10.3. The van der Waals surface area contributed by atoms with Gasteiger partial charge in [0.2, 0.25) is 5.91 Å². The molecule has 0 aliphatic carbocycles. The maximum atomic E-state index is 11.1. The topological polar surface area (TPSA) is 59.5 Å². The lowest BCUT2D eigenvalue weighted by Gasteiger charge is -2.22. The summed E-state index contributed by atoms with van der Waals surface area (Å²) in [4.78, 5) is 13.0. The fourth-order valence-electron chi connectivity index (χ4n) is 1.77. The number of amides is 1. The molecule has 2 rings (SSSR count). The number of rotatable bonds is 5. The highest BCUT2D eigenvalue weighted by Crippen LogP contribution is 2.17. The van der Waals surface area contributed by atoms with E-state index in [2.05, 4.69) is 0 Å². The van der Waals surface area contributed by atoms with E-state index < -0.39 is 0 Å². The number of anilines is 1. The van der Waals surface area contributed by atoms with E-state index in [0.717, 1.165) is 11.4 Å². The van der Waals surface area contributed by atoms with Crippen molar-refractivity contribution >= 4 is 11.6 Å². The molecule has 4 heteroatoms. The third-order valence-corrected chi connectivity index (χ3v) is 2.67. The van der Waals surface area contributed by atoms with Gasteiger partial charge in [0.25, 0.3) is 0 Å². The molecule has 0 spiro atoms. The Morgan fingerprint density at radius 1 is 1.28 bits per heavy atom. The van der Waals surface area contributed by atoms with Gasteiger partial charge in [0.05, 0.1) is 19.4 Å².